The van der Waals surface area contributed by atoms with Crippen LogP contribution in [0.3, 0.4) is 0 Å². The summed E-state index contributed by atoms with van der Waals surface area (Å²) in [6, 6.07) is 4.83. The van der Waals surface area contributed by atoms with Gasteiger partial charge in [0.25, 0.3) is 0 Å². The fourth-order valence-electron chi connectivity index (χ4n) is 1.60. The lowest BCUT2D eigenvalue weighted by Crippen LogP contribution is -2.15. The summed E-state index contributed by atoms with van der Waals surface area (Å²) in [7, 11) is 0. The van der Waals surface area contributed by atoms with E-state index in [1.165, 1.54) is 12.1 Å². The van der Waals surface area contributed by atoms with Crippen molar-refractivity contribution in [2.45, 2.75) is 38.0 Å². The Kier molecular flexibility index (Phi) is 4.29. The molecule has 0 saturated heterocycles. The quantitative estimate of drug-likeness (QED) is 0.805. The molecule has 0 aliphatic heterocycles. The zero-order valence-electron chi connectivity index (χ0n) is 10.3. The van der Waals surface area contributed by atoms with Crippen LogP contribution in [0.25, 0.3) is 0 Å². The average Bonchev–Trinajstić information content (AvgIpc) is 3.11. The van der Waals surface area contributed by atoms with E-state index < -0.39 is 25.0 Å². The van der Waals surface area contributed by atoms with Crippen LogP contribution in [0.15, 0.2) is 18.2 Å². The van der Waals surface area contributed by atoms with Crippen molar-refractivity contribution in [1.29, 1.82) is 0 Å². The smallest absolute Gasteiger partial charge is 0.392 e. The van der Waals surface area contributed by atoms with Crippen molar-refractivity contribution >= 4 is 0 Å². The molecule has 19 heavy (non-hydrogen) atoms. The van der Waals surface area contributed by atoms with Gasteiger partial charge in [0.1, 0.15) is 0 Å². The first-order chi connectivity index (χ1) is 8.94. The van der Waals surface area contributed by atoms with E-state index in [1.807, 2.05) is 0 Å². The molecule has 0 amide bonds. The van der Waals surface area contributed by atoms with Gasteiger partial charge in [-0.1, -0.05) is 6.07 Å². The molecule has 2 rings (SSSR count). The highest BCUT2D eigenvalue weighted by Crippen LogP contribution is 2.23. The van der Waals surface area contributed by atoms with E-state index in [2.05, 4.69) is 5.32 Å². The topological polar surface area (TPSA) is 21.3 Å². The number of hydrogen-bond acceptors (Lipinski definition) is 2. The van der Waals surface area contributed by atoms with Crippen LogP contribution >= 0.6 is 0 Å². The number of alkyl halides is 3. The molecule has 1 saturated carbocycles. The average molecular weight is 277 g/mol. The monoisotopic (exact) mass is 277 g/mol. The van der Waals surface area contributed by atoms with Gasteiger partial charge in [-0.25, -0.2) is 4.39 Å². The highest BCUT2D eigenvalue weighted by atomic mass is 19.4. The van der Waals surface area contributed by atoms with Crippen molar-refractivity contribution in [3.05, 3.63) is 29.6 Å². The molecule has 1 fully saturated rings. The maximum absolute atomic E-state index is 13.6. The molecule has 1 aromatic rings. The second kappa shape index (κ2) is 5.77. The van der Waals surface area contributed by atoms with E-state index in [9.17, 15) is 17.6 Å². The third-order valence-electron chi connectivity index (χ3n) is 2.81. The predicted molar refractivity (Wildman–Crippen MR) is 62.4 cm³/mol. The fraction of sp³-hybridized carbons (Fsp3) is 0.538. The minimum absolute atomic E-state index is 0.139. The molecule has 0 unspecified atom stereocenters. The van der Waals surface area contributed by atoms with Crippen LogP contribution in [0.5, 0.6) is 5.75 Å². The van der Waals surface area contributed by atoms with Gasteiger partial charge in [-0.2, -0.15) is 13.2 Å². The molecule has 0 atom stereocenters. The normalized spacial score (nSPS) is 15.6. The molecule has 1 N–H and O–H groups in total. The molecule has 2 nitrogen and oxygen atoms in total. The van der Waals surface area contributed by atoms with Gasteiger partial charge in [0.15, 0.2) is 11.6 Å². The molecule has 6 heteroatoms. The standard InChI is InChI=1S/C13H15F4NO/c14-11-7-9(8-18-10-2-3-10)1-4-12(11)19-6-5-13(15,16)17/h1,4,7,10,18H,2-3,5-6,8H2. The summed E-state index contributed by atoms with van der Waals surface area (Å²) in [6.45, 7) is -0.00942. The number of halogens is 4. The van der Waals surface area contributed by atoms with Gasteiger partial charge in [-0.3, -0.25) is 0 Å². The van der Waals surface area contributed by atoms with E-state index in [0.717, 1.165) is 18.4 Å². The second-order valence-electron chi connectivity index (χ2n) is 4.63. The molecular formula is C13H15F4NO. The zero-order chi connectivity index (χ0) is 13.9. The molecular weight excluding hydrogens is 262 g/mol. The highest BCUT2D eigenvalue weighted by Gasteiger charge is 2.27. The summed E-state index contributed by atoms with van der Waals surface area (Å²) < 4.78 is 54.1. The lowest BCUT2D eigenvalue weighted by Gasteiger charge is -2.10. The van der Waals surface area contributed by atoms with E-state index >= 15 is 0 Å². The Morgan fingerprint density at radius 1 is 1.26 bits per heavy atom. The van der Waals surface area contributed by atoms with Crippen molar-refractivity contribution in [2.24, 2.45) is 0 Å². The number of rotatable bonds is 6. The minimum Gasteiger partial charge on any atom is -0.490 e. The summed E-state index contributed by atoms with van der Waals surface area (Å²) in [5, 5.41) is 3.23. The van der Waals surface area contributed by atoms with Gasteiger partial charge >= 0.3 is 6.18 Å². The van der Waals surface area contributed by atoms with Gasteiger partial charge in [0.2, 0.25) is 0 Å². The van der Waals surface area contributed by atoms with Gasteiger partial charge in [-0.15, -0.1) is 0 Å². The van der Waals surface area contributed by atoms with Gasteiger partial charge in [0, 0.05) is 12.6 Å². The number of ether oxygens (including phenoxy) is 1. The van der Waals surface area contributed by atoms with Crippen molar-refractivity contribution in [3.63, 3.8) is 0 Å². The summed E-state index contributed by atoms with van der Waals surface area (Å²) in [4.78, 5) is 0. The molecule has 1 aliphatic carbocycles. The van der Waals surface area contributed by atoms with Crippen LogP contribution in [0, 0.1) is 5.82 Å². The SMILES string of the molecule is Fc1cc(CNC2CC2)ccc1OCCC(F)(F)F. The number of hydrogen-bond donors (Lipinski definition) is 1. The maximum atomic E-state index is 13.6. The minimum atomic E-state index is -4.29. The highest BCUT2D eigenvalue weighted by molar-refractivity contribution is 5.29. The van der Waals surface area contributed by atoms with E-state index in [4.69, 9.17) is 4.74 Å². The molecule has 1 aromatic carbocycles. The summed E-state index contributed by atoms with van der Waals surface area (Å²) >= 11 is 0. The maximum Gasteiger partial charge on any atom is 0.392 e. The van der Waals surface area contributed by atoms with E-state index in [-0.39, 0.29) is 5.75 Å². The van der Waals surface area contributed by atoms with Crippen LogP contribution < -0.4 is 10.1 Å². The Hall–Kier alpha value is -1.30. The molecule has 0 bridgehead atoms. The van der Waals surface area contributed by atoms with Crippen molar-refractivity contribution in [1.82, 2.24) is 5.32 Å². The Morgan fingerprint density at radius 3 is 2.58 bits per heavy atom. The van der Waals surface area contributed by atoms with Crippen molar-refractivity contribution < 1.29 is 22.3 Å². The lowest BCUT2D eigenvalue weighted by atomic mass is 10.2. The van der Waals surface area contributed by atoms with Gasteiger partial charge in [-0.05, 0) is 30.5 Å². The zero-order valence-corrected chi connectivity index (χ0v) is 10.3. The first kappa shape index (κ1) is 14.1. The summed E-state index contributed by atoms with van der Waals surface area (Å²) in [5.41, 5.74) is 0.757. The van der Waals surface area contributed by atoms with E-state index in [1.54, 1.807) is 6.07 Å². The molecule has 1 aliphatic rings. The molecule has 0 spiro atoms. The number of benzene rings is 1. The van der Waals surface area contributed by atoms with Crippen LogP contribution in [0.2, 0.25) is 0 Å². The van der Waals surface area contributed by atoms with Crippen LogP contribution in [-0.4, -0.2) is 18.8 Å². The Bertz CT molecular complexity index is 429. The van der Waals surface area contributed by atoms with Crippen LogP contribution in [-0.2, 0) is 6.54 Å². The van der Waals surface area contributed by atoms with Crippen LogP contribution in [0.4, 0.5) is 17.6 Å². The molecule has 106 valence electrons. The Balaban J connectivity index is 1.83. The first-order valence-corrected chi connectivity index (χ1v) is 6.15. The fourth-order valence-corrected chi connectivity index (χ4v) is 1.60. The molecule has 0 heterocycles. The first-order valence-electron chi connectivity index (χ1n) is 6.15. The lowest BCUT2D eigenvalue weighted by molar-refractivity contribution is -0.139. The van der Waals surface area contributed by atoms with Crippen LogP contribution in [0.1, 0.15) is 24.8 Å². The van der Waals surface area contributed by atoms with Gasteiger partial charge < -0.3 is 10.1 Å². The predicted octanol–water partition coefficient (Wildman–Crippen LogP) is 3.41. The van der Waals surface area contributed by atoms with E-state index in [0.29, 0.717) is 12.6 Å². The largest absolute Gasteiger partial charge is 0.490 e. The van der Waals surface area contributed by atoms with Gasteiger partial charge in [0.05, 0.1) is 13.0 Å². The third-order valence-corrected chi connectivity index (χ3v) is 2.81. The molecule has 0 radical (unpaired) electrons. The second-order valence-corrected chi connectivity index (χ2v) is 4.63. The Morgan fingerprint density at radius 2 is 2.00 bits per heavy atom. The van der Waals surface area contributed by atoms with Crippen molar-refractivity contribution in [2.75, 3.05) is 6.61 Å². The third kappa shape index (κ3) is 5.06. The molecule has 0 aromatic heterocycles. The number of nitrogens with one attached hydrogen (secondary N) is 1. The van der Waals surface area contributed by atoms with Crippen molar-refractivity contribution in [3.8, 4) is 5.75 Å². The summed E-state index contributed by atoms with van der Waals surface area (Å²) in [5.74, 6) is -0.767. The Labute approximate surface area is 108 Å². The summed E-state index contributed by atoms with van der Waals surface area (Å²) in [6.07, 6.45) is -3.09.